The number of fused-ring (bicyclic) bond motifs is 2. The molecule has 1 fully saturated rings. The summed E-state index contributed by atoms with van der Waals surface area (Å²) in [5.41, 5.74) is 1.46. The summed E-state index contributed by atoms with van der Waals surface area (Å²) in [4.78, 5) is 41.9. The van der Waals surface area contributed by atoms with Crippen molar-refractivity contribution in [1.29, 1.82) is 0 Å². The highest BCUT2D eigenvalue weighted by Crippen LogP contribution is 2.36. The minimum atomic E-state index is -1.22. The Morgan fingerprint density at radius 3 is 2.59 bits per heavy atom. The summed E-state index contributed by atoms with van der Waals surface area (Å²) in [6.45, 7) is 6.29. The van der Waals surface area contributed by atoms with Crippen molar-refractivity contribution in [1.82, 2.24) is 20.4 Å². The van der Waals surface area contributed by atoms with Crippen LogP contribution in [0.5, 0.6) is 0 Å². The molecule has 39 heavy (non-hydrogen) atoms. The zero-order valence-electron chi connectivity index (χ0n) is 21.3. The Balaban J connectivity index is 1.26. The van der Waals surface area contributed by atoms with Crippen LogP contribution < -0.4 is 10.6 Å². The molecule has 1 aromatic rings. The van der Waals surface area contributed by atoms with Crippen LogP contribution in [0.2, 0.25) is 10.0 Å². The van der Waals surface area contributed by atoms with Crippen molar-refractivity contribution < 1.29 is 24.2 Å². The van der Waals surface area contributed by atoms with Crippen molar-refractivity contribution in [2.24, 2.45) is 5.92 Å². The van der Waals surface area contributed by atoms with Crippen molar-refractivity contribution in [2.75, 3.05) is 26.2 Å². The number of aliphatic carboxylic acids is 1. The lowest BCUT2D eigenvalue weighted by atomic mass is 9.96. The second-order valence-corrected chi connectivity index (χ2v) is 10.8. The molecular weight excluding hydrogens is 543 g/mol. The Bertz CT molecular complexity index is 1300. The van der Waals surface area contributed by atoms with Crippen molar-refractivity contribution in [2.45, 2.75) is 38.0 Å². The Morgan fingerprint density at radius 2 is 1.87 bits per heavy atom. The van der Waals surface area contributed by atoms with Gasteiger partial charge in [-0.05, 0) is 48.6 Å². The van der Waals surface area contributed by atoms with Crippen LogP contribution in [0, 0.1) is 5.92 Å². The van der Waals surface area contributed by atoms with Gasteiger partial charge in [0.1, 0.15) is 12.1 Å². The van der Waals surface area contributed by atoms with E-state index in [1.165, 1.54) is 0 Å². The van der Waals surface area contributed by atoms with Gasteiger partial charge in [0.25, 0.3) is 11.8 Å². The summed E-state index contributed by atoms with van der Waals surface area (Å²) in [7, 11) is 0. The summed E-state index contributed by atoms with van der Waals surface area (Å²) in [5, 5.41) is 15.5. The van der Waals surface area contributed by atoms with Crippen LogP contribution in [0.15, 0.2) is 54.6 Å². The molecule has 1 saturated heterocycles. The molecule has 3 heterocycles. The van der Waals surface area contributed by atoms with Gasteiger partial charge in [-0.25, -0.2) is 4.79 Å². The molecule has 2 unspecified atom stereocenters. The van der Waals surface area contributed by atoms with E-state index in [9.17, 15) is 19.5 Å². The molecule has 0 saturated carbocycles. The lowest BCUT2D eigenvalue weighted by molar-refractivity contribution is -0.139. The van der Waals surface area contributed by atoms with Crippen molar-refractivity contribution in [3.63, 3.8) is 0 Å². The first kappa shape index (κ1) is 27.1. The molecule has 2 amide bonds. The minimum Gasteiger partial charge on any atom is -0.480 e. The third kappa shape index (κ3) is 5.65. The summed E-state index contributed by atoms with van der Waals surface area (Å²) in [6.07, 6.45) is 12.0. The molecule has 0 bridgehead atoms. The number of carboxylic acids is 1. The number of benzene rings is 1. The monoisotopic (exact) mass is 572 g/mol. The van der Waals surface area contributed by atoms with E-state index < -0.39 is 17.9 Å². The highest BCUT2D eigenvalue weighted by atomic mass is 35.5. The quantitative estimate of drug-likeness (QED) is 0.438. The van der Waals surface area contributed by atoms with E-state index in [1.807, 2.05) is 35.3 Å². The van der Waals surface area contributed by atoms with Gasteiger partial charge >= 0.3 is 5.97 Å². The Hall–Kier alpha value is -3.43. The summed E-state index contributed by atoms with van der Waals surface area (Å²) >= 11 is 13.1. The predicted octanol–water partition coefficient (Wildman–Crippen LogP) is 3.24. The number of likely N-dealkylation sites (tertiary alicyclic amines) is 1. The van der Waals surface area contributed by atoms with E-state index in [0.717, 1.165) is 31.5 Å². The van der Waals surface area contributed by atoms with Crippen LogP contribution >= 0.6 is 23.2 Å². The second kappa shape index (κ2) is 11.4. The molecular formula is C28H30Cl2N4O5. The van der Waals surface area contributed by atoms with Crippen LogP contribution in [-0.4, -0.2) is 71.0 Å². The fourth-order valence-corrected chi connectivity index (χ4v) is 6.06. The maximum absolute atomic E-state index is 13.2. The number of amides is 2. The molecule has 11 heteroatoms. The normalized spacial score (nSPS) is 21.9. The maximum atomic E-state index is 13.2. The molecule has 3 aliphatic heterocycles. The Kier molecular flexibility index (Phi) is 7.91. The zero-order valence-corrected chi connectivity index (χ0v) is 22.8. The van der Waals surface area contributed by atoms with E-state index in [2.05, 4.69) is 17.2 Å². The smallest absolute Gasteiger partial charge is 0.328 e. The highest BCUT2D eigenvalue weighted by molar-refractivity contribution is 6.40. The highest BCUT2D eigenvalue weighted by Gasteiger charge is 2.35. The molecule has 206 valence electrons. The first-order valence-electron chi connectivity index (χ1n) is 13.0. The average molecular weight is 573 g/mol. The summed E-state index contributed by atoms with van der Waals surface area (Å²) < 4.78 is 5.85. The fraction of sp³-hybridized carbons (Fsp3) is 0.393. The topological polar surface area (TPSA) is 111 Å². The molecule has 3 N–H and O–H groups in total. The molecule has 3 atom stereocenters. The number of carbonyl (C=O) groups is 3. The summed E-state index contributed by atoms with van der Waals surface area (Å²) in [5.74, 6) is -1.10. The number of hydrogen-bond donors (Lipinski definition) is 3. The molecule has 4 aliphatic rings. The van der Waals surface area contributed by atoms with E-state index in [1.54, 1.807) is 11.0 Å². The van der Waals surface area contributed by atoms with Gasteiger partial charge in [-0.15, -0.1) is 0 Å². The fourth-order valence-electron chi connectivity index (χ4n) is 5.29. The second-order valence-electron chi connectivity index (χ2n) is 10.0. The van der Waals surface area contributed by atoms with Crippen molar-refractivity contribution in [3.05, 3.63) is 81.3 Å². The van der Waals surface area contributed by atoms with Gasteiger partial charge < -0.3 is 30.3 Å². The van der Waals surface area contributed by atoms with Crippen LogP contribution in [0.1, 0.15) is 34.3 Å². The number of carbonyl (C=O) groups excluding carboxylic acids is 2. The lowest BCUT2D eigenvalue weighted by Crippen LogP contribution is -2.48. The van der Waals surface area contributed by atoms with Crippen LogP contribution in [-0.2, 0) is 27.3 Å². The maximum Gasteiger partial charge on any atom is 0.328 e. The van der Waals surface area contributed by atoms with E-state index in [0.29, 0.717) is 30.1 Å². The van der Waals surface area contributed by atoms with Gasteiger partial charge in [-0.1, -0.05) is 48.0 Å². The number of nitrogens with zero attached hydrogens (tertiary/aromatic N) is 2. The number of hydrogen-bond acceptors (Lipinski definition) is 6. The zero-order chi connectivity index (χ0) is 27.7. The number of carboxylic acid groups (broad SMARTS) is 1. The molecule has 0 radical (unpaired) electrons. The van der Waals surface area contributed by atoms with Crippen molar-refractivity contribution >= 4 is 41.0 Å². The molecule has 1 aliphatic carbocycles. The first-order chi connectivity index (χ1) is 18.7. The van der Waals surface area contributed by atoms with Gasteiger partial charge in [-0.2, -0.15) is 0 Å². The standard InChI is InChI=1S/C28H30Cl2N4O5/c1-16(33-9-4-5-10-33)31-14-21(28(37)38)32-26(35)24-20(29)12-18-15-34(11-8-19(18)25(24)30)27(36)23-13-17-6-2-3-7-22(17)39-23/h2-3,6-7,12-13,17,21-22,31H,1,4-5,8-11,14-15H2,(H,32,35)(H,37,38)/t17?,21-,22?/m0/s1. The first-order valence-corrected chi connectivity index (χ1v) is 13.7. The minimum absolute atomic E-state index is 0.0194. The summed E-state index contributed by atoms with van der Waals surface area (Å²) in [6, 6.07) is 0.399. The number of nitrogens with one attached hydrogen (secondary N) is 2. The van der Waals surface area contributed by atoms with E-state index in [4.69, 9.17) is 27.9 Å². The van der Waals surface area contributed by atoms with Crippen LogP contribution in [0.25, 0.3) is 0 Å². The number of halogens is 2. The van der Waals surface area contributed by atoms with Crippen LogP contribution in [0.4, 0.5) is 0 Å². The van der Waals surface area contributed by atoms with Gasteiger partial charge in [-0.3, -0.25) is 9.59 Å². The SMILES string of the molecule is C=C(NC[C@H](NC(=O)c1c(Cl)cc2c(c1Cl)CCN(C(=O)C1=CC3C=CC=CC3O1)C2)C(=O)O)N1CCCC1. The van der Waals surface area contributed by atoms with Crippen molar-refractivity contribution in [3.8, 4) is 0 Å². The van der Waals surface area contributed by atoms with Gasteiger partial charge in [0.05, 0.1) is 21.4 Å². The molecule has 0 spiro atoms. The molecule has 9 nitrogen and oxygen atoms in total. The third-order valence-electron chi connectivity index (χ3n) is 7.46. The predicted molar refractivity (Wildman–Crippen MR) is 147 cm³/mol. The number of rotatable bonds is 8. The van der Waals surface area contributed by atoms with Gasteiger partial charge in [0.15, 0.2) is 5.76 Å². The van der Waals surface area contributed by atoms with E-state index >= 15 is 0 Å². The number of allylic oxidation sites excluding steroid dienone is 2. The third-order valence-corrected chi connectivity index (χ3v) is 8.18. The molecule has 0 aromatic heterocycles. The molecule has 5 rings (SSSR count). The lowest BCUT2D eigenvalue weighted by Gasteiger charge is -2.30. The van der Waals surface area contributed by atoms with E-state index in [-0.39, 0.29) is 46.6 Å². The Labute approximate surface area is 236 Å². The molecule has 1 aromatic carbocycles. The largest absolute Gasteiger partial charge is 0.480 e. The average Bonchev–Trinajstić information content (AvgIpc) is 3.60. The van der Waals surface area contributed by atoms with Gasteiger partial charge in [0.2, 0.25) is 0 Å². The van der Waals surface area contributed by atoms with Gasteiger partial charge in [0, 0.05) is 38.6 Å². The number of ether oxygens (including phenoxy) is 1. The Morgan fingerprint density at radius 1 is 1.13 bits per heavy atom. The van der Waals surface area contributed by atoms with Crippen LogP contribution in [0.3, 0.4) is 0 Å².